The van der Waals surface area contributed by atoms with Gasteiger partial charge < -0.3 is 4.74 Å². The normalized spacial score (nSPS) is 23.3. The van der Waals surface area contributed by atoms with Gasteiger partial charge in [0.15, 0.2) is 6.23 Å². The molecule has 0 saturated heterocycles. The summed E-state index contributed by atoms with van der Waals surface area (Å²) in [6, 6.07) is 19.5. The van der Waals surface area contributed by atoms with Gasteiger partial charge in [0.2, 0.25) is 0 Å². The summed E-state index contributed by atoms with van der Waals surface area (Å²) in [5, 5.41) is 0. The number of ether oxygens (including phenoxy) is 1. The SMILES string of the molecule is O=c1n(-c2ccccc2)c(=O)n2n1CC=C[C@@H]2O[C@@H]1CCCC[C@H]1c1ccccc1. The second-order valence-corrected chi connectivity index (χ2v) is 7.96. The Morgan fingerprint density at radius 3 is 2.30 bits per heavy atom. The molecule has 1 aromatic heterocycles. The smallest absolute Gasteiger partial charge is 0.349 e. The fraction of sp³-hybridized carbons (Fsp3) is 0.333. The maximum Gasteiger partial charge on any atom is 0.354 e. The van der Waals surface area contributed by atoms with Crippen LogP contribution >= 0.6 is 0 Å². The summed E-state index contributed by atoms with van der Waals surface area (Å²) >= 11 is 0. The van der Waals surface area contributed by atoms with Crippen LogP contribution in [0.1, 0.15) is 43.4 Å². The molecule has 1 fully saturated rings. The average molecular weight is 403 g/mol. The maximum atomic E-state index is 13.2. The molecule has 1 aliphatic heterocycles. The van der Waals surface area contributed by atoms with E-state index in [4.69, 9.17) is 4.74 Å². The van der Waals surface area contributed by atoms with Gasteiger partial charge in [-0.25, -0.2) is 18.8 Å². The van der Waals surface area contributed by atoms with Crippen molar-refractivity contribution in [3.63, 3.8) is 0 Å². The second-order valence-electron chi connectivity index (χ2n) is 7.96. The van der Waals surface area contributed by atoms with E-state index in [1.165, 1.54) is 25.9 Å². The first kappa shape index (κ1) is 18.9. The first-order chi connectivity index (χ1) is 14.7. The molecule has 1 aliphatic carbocycles. The van der Waals surface area contributed by atoms with Crippen molar-refractivity contribution in [1.82, 2.24) is 13.9 Å². The predicted molar refractivity (Wildman–Crippen MR) is 115 cm³/mol. The monoisotopic (exact) mass is 403 g/mol. The van der Waals surface area contributed by atoms with Crippen LogP contribution in [0, 0.1) is 0 Å². The van der Waals surface area contributed by atoms with E-state index >= 15 is 0 Å². The van der Waals surface area contributed by atoms with Crippen LogP contribution in [-0.2, 0) is 11.3 Å². The summed E-state index contributed by atoms with van der Waals surface area (Å²) < 4.78 is 10.7. The van der Waals surface area contributed by atoms with E-state index in [0.717, 1.165) is 19.3 Å². The summed E-state index contributed by atoms with van der Waals surface area (Å²) in [6.45, 7) is 0.362. The molecule has 1 saturated carbocycles. The molecule has 0 amide bonds. The highest BCUT2D eigenvalue weighted by atomic mass is 16.5. The van der Waals surface area contributed by atoms with Gasteiger partial charge >= 0.3 is 11.4 Å². The minimum absolute atomic E-state index is 0.00410. The lowest BCUT2D eigenvalue weighted by atomic mass is 9.81. The zero-order chi connectivity index (χ0) is 20.5. The summed E-state index contributed by atoms with van der Waals surface area (Å²) in [7, 11) is 0. The zero-order valence-electron chi connectivity index (χ0n) is 16.8. The molecule has 2 aliphatic rings. The summed E-state index contributed by atoms with van der Waals surface area (Å²) in [5.74, 6) is 0.294. The Morgan fingerprint density at radius 2 is 1.53 bits per heavy atom. The number of aromatic nitrogens is 3. The van der Waals surface area contributed by atoms with Crippen LogP contribution < -0.4 is 11.4 Å². The summed E-state index contributed by atoms with van der Waals surface area (Å²) in [4.78, 5) is 26.2. The molecule has 0 bridgehead atoms. The lowest BCUT2D eigenvalue weighted by molar-refractivity contribution is -0.0671. The maximum absolute atomic E-state index is 13.2. The van der Waals surface area contributed by atoms with Crippen LogP contribution in [-0.4, -0.2) is 20.0 Å². The topological polar surface area (TPSA) is 58.2 Å². The van der Waals surface area contributed by atoms with E-state index in [2.05, 4.69) is 24.3 Å². The van der Waals surface area contributed by atoms with Crippen molar-refractivity contribution in [2.75, 3.05) is 0 Å². The molecule has 6 nitrogen and oxygen atoms in total. The van der Waals surface area contributed by atoms with E-state index in [9.17, 15) is 9.59 Å². The van der Waals surface area contributed by atoms with E-state index in [-0.39, 0.29) is 17.5 Å². The molecule has 3 atom stereocenters. The number of nitrogens with zero attached hydrogens (tertiary/aromatic N) is 3. The van der Waals surface area contributed by atoms with Crippen LogP contribution in [0.5, 0.6) is 0 Å². The number of hydrogen-bond donors (Lipinski definition) is 0. The highest BCUT2D eigenvalue weighted by molar-refractivity contribution is 5.30. The Kier molecular flexibility index (Phi) is 5.01. The minimum atomic E-state index is -0.585. The Balaban J connectivity index is 1.50. The molecule has 0 radical (unpaired) electrons. The minimum Gasteiger partial charge on any atom is -0.349 e. The summed E-state index contributed by atoms with van der Waals surface area (Å²) in [6.07, 6.45) is 7.52. The first-order valence-corrected chi connectivity index (χ1v) is 10.6. The Hall–Kier alpha value is -3.12. The molecule has 0 N–H and O–H groups in total. The van der Waals surface area contributed by atoms with Crippen molar-refractivity contribution in [3.8, 4) is 5.69 Å². The van der Waals surface area contributed by atoms with Crippen molar-refractivity contribution >= 4 is 0 Å². The molecule has 0 unspecified atom stereocenters. The molecule has 2 heterocycles. The highest BCUT2D eigenvalue weighted by Gasteiger charge is 2.32. The predicted octanol–water partition coefficient (Wildman–Crippen LogP) is 3.61. The van der Waals surface area contributed by atoms with Crippen LogP contribution in [0.15, 0.2) is 82.4 Å². The largest absolute Gasteiger partial charge is 0.354 e. The number of hydrogen-bond acceptors (Lipinski definition) is 3. The van der Waals surface area contributed by atoms with Crippen LogP contribution in [0.25, 0.3) is 5.69 Å². The van der Waals surface area contributed by atoms with E-state index in [0.29, 0.717) is 18.2 Å². The van der Waals surface area contributed by atoms with E-state index in [1.54, 1.807) is 12.1 Å². The quantitative estimate of drug-likeness (QED) is 0.626. The van der Waals surface area contributed by atoms with Gasteiger partial charge in [-0.15, -0.1) is 0 Å². The molecule has 2 aromatic carbocycles. The molecule has 154 valence electrons. The second kappa shape index (κ2) is 7.95. The third-order valence-electron chi connectivity index (χ3n) is 6.14. The standard InChI is InChI=1S/C24H25N3O3/c28-23-25-17-9-16-22(27(25)24(29)26(23)19-12-5-2-6-13-19)30-21-15-8-7-14-20(21)18-10-3-1-4-11-18/h1-6,9-13,16,20-22H,7-8,14-15,17H2/t20-,21+,22-/m0/s1. The fourth-order valence-electron chi connectivity index (χ4n) is 4.69. The number of para-hydroxylation sites is 1. The zero-order valence-corrected chi connectivity index (χ0v) is 16.8. The van der Waals surface area contributed by atoms with Gasteiger partial charge in [0.25, 0.3) is 0 Å². The van der Waals surface area contributed by atoms with Gasteiger partial charge in [-0.1, -0.05) is 67.4 Å². The molecule has 6 heteroatoms. The summed E-state index contributed by atoms with van der Waals surface area (Å²) in [5.41, 5.74) is 1.13. The van der Waals surface area contributed by atoms with Gasteiger partial charge in [0.05, 0.1) is 18.3 Å². The van der Waals surface area contributed by atoms with E-state index < -0.39 is 6.23 Å². The van der Waals surface area contributed by atoms with Gasteiger partial charge in [0.1, 0.15) is 0 Å². The van der Waals surface area contributed by atoms with Crippen molar-refractivity contribution in [3.05, 3.63) is 99.3 Å². The van der Waals surface area contributed by atoms with Crippen LogP contribution in [0.2, 0.25) is 0 Å². The first-order valence-electron chi connectivity index (χ1n) is 10.6. The molecule has 30 heavy (non-hydrogen) atoms. The lowest BCUT2D eigenvalue weighted by Gasteiger charge is -2.35. The Bertz CT molecular complexity index is 1160. The lowest BCUT2D eigenvalue weighted by Crippen LogP contribution is -2.37. The average Bonchev–Trinajstić information content (AvgIpc) is 3.06. The van der Waals surface area contributed by atoms with Gasteiger partial charge in [-0.05, 0) is 36.6 Å². The Morgan fingerprint density at radius 1 is 0.833 bits per heavy atom. The molecular weight excluding hydrogens is 378 g/mol. The van der Waals surface area contributed by atoms with Gasteiger partial charge in [0, 0.05) is 5.92 Å². The van der Waals surface area contributed by atoms with Crippen molar-refractivity contribution in [2.24, 2.45) is 0 Å². The molecular formula is C24H25N3O3. The van der Waals surface area contributed by atoms with E-state index in [1.807, 2.05) is 36.4 Å². The fourth-order valence-corrected chi connectivity index (χ4v) is 4.69. The third-order valence-corrected chi connectivity index (χ3v) is 6.14. The highest BCUT2D eigenvalue weighted by Crippen LogP contribution is 2.37. The van der Waals surface area contributed by atoms with Crippen molar-refractivity contribution in [2.45, 2.75) is 50.5 Å². The number of fused-ring (bicyclic) bond motifs is 1. The van der Waals surface area contributed by atoms with Crippen molar-refractivity contribution < 1.29 is 4.74 Å². The number of allylic oxidation sites excluding steroid dienone is 1. The third kappa shape index (κ3) is 3.27. The van der Waals surface area contributed by atoms with Crippen molar-refractivity contribution in [1.29, 1.82) is 0 Å². The molecule has 3 aromatic rings. The number of benzene rings is 2. The molecule has 5 rings (SSSR count). The van der Waals surface area contributed by atoms with Gasteiger partial charge in [-0.3, -0.25) is 0 Å². The van der Waals surface area contributed by atoms with Crippen LogP contribution in [0.3, 0.4) is 0 Å². The van der Waals surface area contributed by atoms with Gasteiger partial charge in [-0.2, -0.15) is 4.68 Å². The van der Waals surface area contributed by atoms with Crippen LogP contribution in [0.4, 0.5) is 0 Å². The number of rotatable bonds is 4. The molecule has 0 spiro atoms. The Labute approximate surface area is 174 Å².